The molecule has 4 heteroatoms. The van der Waals surface area contributed by atoms with Crippen LogP contribution in [-0.2, 0) is 6.54 Å². The van der Waals surface area contributed by atoms with Gasteiger partial charge in [-0.05, 0) is 36.8 Å². The Morgan fingerprint density at radius 3 is 2.72 bits per heavy atom. The summed E-state index contributed by atoms with van der Waals surface area (Å²) in [5.74, 6) is 1.02. The van der Waals surface area contributed by atoms with E-state index in [4.69, 9.17) is 0 Å². The van der Waals surface area contributed by atoms with Crippen LogP contribution in [0.2, 0.25) is 0 Å². The van der Waals surface area contributed by atoms with Crippen LogP contribution in [0.4, 0.5) is 5.82 Å². The Hall–Kier alpha value is -1.16. The molecule has 0 radical (unpaired) electrons. The predicted octanol–water partition coefficient (Wildman–Crippen LogP) is 1.96. The number of rotatable bonds is 4. The summed E-state index contributed by atoms with van der Waals surface area (Å²) in [6, 6.07) is 4.94. The molecule has 0 aromatic carbocycles. The van der Waals surface area contributed by atoms with Crippen LogP contribution in [0.25, 0.3) is 0 Å². The summed E-state index contributed by atoms with van der Waals surface area (Å²) < 4.78 is 0. The van der Waals surface area contributed by atoms with E-state index >= 15 is 0 Å². The normalized spacial score (nSPS) is 22.4. The fourth-order valence-corrected chi connectivity index (χ4v) is 2.46. The van der Waals surface area contributed by atoms with E-state index in [0.29, 0.717) is 5.41 Å². The van der Waals surface area contributed by atoms with Crippen LogP contribution < -0.4 is 10.2 Å². The third-order valence-electron chi connectivity index (χ3n) is 3.86. The second kappa shape index (κ2) is 4.50. The van der Waals surface area contributed by atoms with E-state index in [1.807, 2.05) is 0 Å². The summed E-state index contributed by atoms with van der Waals surface area (Å²) in [6.45, 7) is 7.66. The number of hydrogen-bond donors (Lipinski definition) is 1. The molecule has 3 rings (SSSR count). The van der Waals surface area contributed by atoms with E-state index in [9.17, 15) is 0 Å². The summed E-state index contributed by atoms with van der Waals surface area (Å²) >= 11 is 0. The summed E-state index contributed by atoms with van der Waals surface area (Å²) in [6.07, 6.45) is 3.86. The minimum absolute atomic E-state index is 0.411. The second-order valence-corrected chi connectivity index (χ2v) is 6.37. The van der Waals surface area contributed by atoms with Gasteiger partial charge < -0.3 is 10.2 Å². The average molecular weight is 246 g/mol. The van der Waals surface area contributed by atoms with Crippen molar-refractivity contribution in [2.24, 2.45) is 5.41 Å². The molecule has 18 heavy (non-hydrogen) atoms. The highest BCUT2D eigenvalue weighted by Gasteiger charge is 2.30. The molecule has 1 saturated heterocycles. The average Bonchev–Trinajstić information content (AvgIpc) is 3.11. The van der Waals surface area contributed by atoms with Crippen LogP contribution in [0.3, 0.4) is 0 Å². The minimum atomic E-state index is 0.411. The van der Waals surface area contributed by atoms with Crippen molar-refractivity contribution in [3.63, 3.8) is 0 Å². The molecular formula is C14H22N4. The highest BCUT2D eigenvalue weighted by Crippen LogP contribution is 2.31. The van der Waals surface area contributed by atoms with E-state index in [0.717, 1.165) is 37.2 Å². The number of anilines is 1. The van der Waals surface area contributed by atoms with Gasteiger partial charge in [-0.15, -0.1) is 5.10 Å². The number of hydrogen-bond acceptors (Lipinski definition) is 4. The number of nitrogens with one attached hydrogen (secondary N) is 1. The Morgan fingerprint density at radius 2 is 2.17 bits per heavy atom. The first-order chi connectivity index (χ1) is 8.62. The van der Waals surface area contributed by atoms with Crippen LogP contribution in [0.1, 0.15) is 38.8 Å². The molecule has 4 nitrogen and oxygen atoms in total. The fraction of sp³-hybridized carbons (Fsp3) is 0.714. The van der Waals surface area contributed by atoms with Crippen LogP contribution >= 0.6 is 0 Å². The van der Waals surface area contributed by atoms with Crippen molar-refractivity contribution in [1.82, 2.24) is 15.5 Å². The summed E-state index contributed by atoms with van der Waals surface area (Å²) in [4.78, 5) is 2.34. The molecule has 2 fully saturated rings. The van der Waals surface area contributed by atoms with Gasteiger partial charge in [0.1, 0.15) is 0 Å². The van der Waals surface area contributed by atoms with E-state index in [2.05, 4.69) is 46.4 Å². The zero-order valence-electron chi connectivity index (χ0n) is 11.3. The zero-order chi connectivity index (χ0) is 12.6. The molecule has 1 aromatic rings. The lowest BCUT2D eigenvalue weighted by Crippen LogP contribution is -2.24. The van der Waals surface area contributed by atoms with Crippen molar-refractivity contribution in [3.05, 3.63) is 17.8 Å². The standard InChI is InChI=1S/C14H22N4/c1-14(2)7-8-18(10-14)13-6-5-12(16-17-13)9-15-11-3-4-11/h5-6,11,15H,3-4,7-10H2,1-2H3. The van der Waals surface area contributed by atoms with E-state index in [1.54, 1.807) is 0 Å². The van der Waals surface area contributed by atoms with Crippen molar-refractivity contribution >= 4 is 5.82 Å². The quantitative estimate of drug-likeness (QED) is 0.882. The number of aromatic nitrogens is 2. The van der Waals surface area contributed by atoms with E-state index < -0.39 is 0 Å². The fourth-order valence-electron chi connectivity index (χ4n) is 2.46. The van der Waals surface area contributed by atoms with Crippen molar-refractivity contribution in [3.8, 4) is 0 Å². The van der Waals surface area contributed by atoms with Gasteiger partial charge in [-0.3, -0.25) is 0 Å². The van der Waals surface area contributed by atoms with Gasteiger partial charge in [0.2, 0.25) is 0 Å². The first-order valence-electron chi connectivity index (χ1n) is 6.93. The zero-order valence-corrected chi connectivity index (χ0v) is 11.3. The molecule has 1 aliphatic carbocycles. The first kappa shape index (κ1) is 11.9. The topological polar surface area (TPSA) is 41.0 Å². The van der Waals surface area contributed by atoms with Gasteiger partial charge in [0.25, 0.3) is 0 Å². The van der Waals surface area contributed by atoms with Crippen molar-refractivity contribution in [1.29, 1.82) is 0 Å². The van der Waals surface area contributed by atoms with Gasteiger partial charge >= 0.3 is 0 Å². The Kier molecular flexibility index (Phi) is 2.98. The largest absolute Gasteiger partial charge is 0.355 e. The highest BCUT2D eigenvalue weighted by atomic mass is 15.3. The molecular weight excluding hydrogens is 224 g/mol. The molecule has 2 heterocycles. The van der Waals surface area contributed by atoms with Gasteiger partial charge in [-0.2, -0.15) is 5.10 Å². The third kappa shape index (κ3) is 2.80. The Bertz CT molecular complexity index is 408. The van der Waals surface area contributed by atoms with Gasteiger partial charge in [-0.25, -0.2) is 0 Å². The predicted molar refractivity (Wildman–Crippen MR) is 72.5 cm³/mol. The molecule has 1 saturated carbocycles. The molecule has 98 valence electrons. The second-order valence-electron chi connectivity index (χ2n) is 6.37. The molecule has 0 unspecified atom stereocenters. The maximum absolute atomic E-state index is 4.36. The van der Waals surface area contributed by atoms with Crippen LogP contribution in [-0.4, -0.2) is 29.3 Å². The lowest BCUT2D eigenvalue weighted by atomic mass is 9.93. The Balaban J connectivity index is 1.60. The monoisotopic (exact) mass is 246 g/mol. The molecule has 1 N–H and O–H groups in total. The molecule has 1 aromatic heterocycles. The summed E-state index contributed by atoms with van der Waals surface area (Å²) in [5.41, 5.74) is 1.46. The summed E-state index contributed by atoms with van der Waals surface area (Å²) in [7, 11) is 0. The van der Waals surface area contributed by atoms with Crippen LogP contribution in [0, 0.1) is 5.41 Å². The molecule has 0 atom stereocenters. The lowest BCUT2D eigenvalue weighted by molar-refractivity contribution is 0.418. The summed E-state index contributed by atoms with van der Waals surface area (Å²) in [5, 5.41) is 12.1. The Labute approximate surface area is 109 Å². The molecule has 1 aliphatic heterocycles. The molecule has 2 aliphatic rings. The maximum atomic E-state index is 4.36. The minimum Gasteiger partial charge on any atom is -0.355 e. The van der Waals surface area contributed by atoms with Gasteiger partial charge in [0.15, 0.2) is 5.82 Å². The van der Waals surface area contributed by atoms with Crippen molar-refractivity contribution in [2.45, 2.75) is 45.7 Å². The van der Waals surface area contributed by atoms with Gasteiger partial charge in [0, 0.05) is 25.7 Å². The van der Waals surface area contributed by atoms with E-state index in [1.165, 1.54) is 19.3 Å². The van der Waals surface area contributed by atoms with Crippen molar-refractivity contribution < 1.29 is 0 Å². The van der Waals surface area contributed by atoms with Gasteiger partial charge in [-0.1, -0.05) is 13.8 Å². The number of nitrogens with zero attached hydrogens (tertiary/aromatic N) is 3. The van der Waals surface area contributed by atoms with Gasteiger partial charge in [0.05, 0.1) is 5.69 Å². The van der Waals surface area contributed by atoms with Crippen LogP contribution in [0.15, 0.2) is 12.1 Å². The Morgan fingerprint density at radius 1 is 1.33 bits per heavy atom. The highest BCUT2D eigenvalue weighted by molar-refractivity contribution is 5.39. The van der Waals surface area contributed by atoms with E-state index in [-0.39, 0.29) is 0 Å². The van der Waals surface area contributed by atoms with Crippen molar-refractivity contribution in [2.75, 3.05) is 18.0 Å². The maximum Gasteiger partial charge on any atom is 0.151 e. The first-order valence-corrected chi connectivity index (χ1v) is 6.93. The third-order valence-corrected chi connectivity index (χ3v) is 3.86. The molecule has 0 spiro atoms. The molecule has 0 amide bonds. The molecule has 0 bridgehead atoms. The SMILES string of the molecule is CC1(C)CCN(c2ccc(CNC3CC3)nn2)C1. The smallest absolute Gasteiger partial charge is 0.151 e. The van der Waals surface area contributed by atoms with Crippen LogP contribution in [0.5, 0.6) is 0 Å². The lowest BCUT2D eigenvalue weighted by Gasteiger charge is -2.20.